The predicted octanol–water partition coefficient (Wildman–Crippen LogP) is 4.09. The second kappa shape index (κ2) is 9.64. The lowest BCUT2D eigenvalue weighted by atomic mass is 9.99. The third kappa shape index (κ3) is 5.41. The van der Waals surface area contributed by atoms with Crippen LogP contribution in [0.2, 0.25) is 0 Å². The molecule has 0 bridgehead atoms. The summed E-state index contributed by atoms with van der Waals surface area (Å²) in [5.74, 6) is 5.06. The predicted molar refractivity (Wildman–Crippen MR) is 125 cm³/mol. The zero-order valence-corrected chi connectivity index (χ0v) is 18.8. The van der Waals surface area contributed by atoms with Crippen LogP contribution in [0.1, 0.15) is 50.5 Å². The molecule has 0 spiro atoms. The second-order valence-corrected chi connectivity index (χ2v) is 8.85. The summed E-state index contributed by atoms with van der Waals surface area (Å²) in [6.07, 6.45) is 6.13. The molecule has 2 aromatic heterocycles. The molecular weight excluding hydrogens is 396 g/mol. The minimum absolute atomic E-state index is 0.498. The average molecular weight is 429 g/mol. The maximum atomic E-state index is 5.60. The van der Waals surface area contributed by atoms with E-state index in [4.69, 9.17) is 26.6 Å². The number of aromatic nitrogens is 2. The van der Waals surface area contributed by atoms with Crippen LogP contribution in [-0.4, -0.2) is 41.3 Å². The molecule has 2 aliphatic rings. The number of aryl methyl sites for hydroxylation is 1. The SMILES string of the molecule is Cc1ccc(CNC(=S)Nc2nc(N3CCCCC3)cc(N3CCC(C)CC3)n2)o1. The van der Waals surface area contributed by atoms with Gasteiger partial charge in [0.05, 0.1) is 6.54 Å². The number of nitrogens with one attached hydrogen (secondary N) is 2. The van der Waals surface area contributed by atoms with E-state index in [0.717, 1.165) is 55.3 Å². The van der Waals surface area contributed by atoms with E-state index in [2.05, 4.69) is 33.4 Å². The first-order valence-electron chi connectivity index (χ1n) is 11.1. The average Bonchev–Trinajstić information content (AvgIpc) is 3.18. The van der Waals surface area contributed by atoms with Gasteiger partial charge < -0.3 is 24.9 Å². The molecule has 0 radical (unpaired) electrons. The van der Waals surface area contributed by atoms with Gasteiger partial charge in [-0.2, -0.15) is 9.97 Å². The number of hydrogen-bond donors (Lipinski definition) is 2. The topological polar surface area (TPSA) is 69.5 Å². The van der Waals surface area contributed by atoms with Gasteiger partial charge in [-0.15, -0.1) is 0 Å². The van der Waals surface area contributed by atoms with Crippen molar-refractivity contribution in [2.75, 3.05) is 41.3 Å². The summed E-state index contributed by atoms with van der Waals surface area (Å²) in [6, 6.07) is 6.05. The molecule has 8 heteroatoms. The highest BCUT2D eigenvalue weighted by Crippen LogP contribution is 2.27. The quantitative estimate of drug-likeness (QED) is 0.690. The van der Waals surface area contributed by atoms with E-state index in [1.165, 1.54) is 32.1 Å². The molecule has 30 heavy (non-hydrogen) atoms. The zero-order chi connectivity index (χ0) is 20.9. The van der Waals surface area contributed by atoms with Crippen LogP contribution in [0.4, 0.5) is 17.6 Å². The molecule has 7 nitrogen and oxygen atoms in total. The first-order chi connectivity index (χ1) is 14.6. The van der Waals surface area contributed by atoms with E-state index in [0.29, 0.717) is 17.6 Å². The smallest absolute Gasteiger partial charge is 0.232 e. The molecule has 0 atom stereocenters. The van der Waals surface area contributed by atoms with Gasteiger partial charge >= 0.3 is 0 Å². The summed E-state index contributed by atoms with van der Waals surface area (Å²) < 4.78 is 5.60. The van der Waals surface area contributed by atoms with E-state index in [1.807, 2.05) is 19.1 Å². The maximum absolute atomic E-state index is 5.60. The summed E-state index contributed by atoms with van der Waals surface area (Å²) in [4.78, 5) is 14.3. The van der Waals surface area contributed by atoms with Crippen LogP contribution >= 0.6 is 12.2 Å². The van der Waals surface area contributed by atoms with Crippen molar-refractivity contribution in [1.29, 1.82) is 0 Å². The molecule has 2 aliphatic heterocycles. The summed E-state index contributed by atoms with van der Waals surface area (Å²) in [6.45, 7) is 8.97. The van der Waals surface area contributed by atoms with Crippen LogP contribution in [0.5, 0.6) is 0 Å². The van der Waals surface area contributed by atoms with Crippen LogP contribution in [-0.2, 0) is 6.54 Å². The van der Waals surface area contributed by atoms with Gasteiger partial charge in [-0.05, 0) is 69.3 Å². The van der Waals surface area contributed by atoms with Crippen LogP contribution in [0, 0.1) is 12.8 Å². The molecule has 2 N–H and O–H groups in total. The van der Waals surface area contributed by atoms with Crippen molar-refractivity contribution >= 4 is 34.9 Å². The van der Waals surface area contributed by atoms with E-state index >= 15 is 0 Å². The number of rotatable bonds is 5. The largest absolute Gasteiger partial charge is 0.465 e. The zero-order valence-electron chi connectivity index (χ0n) is 18.0. The van der Waals surface area contributed by atoms with Crippen molar-refractivity contribution in [3.05, 3.63) is 29.7 Å². The summed E-state index contributed by atoms with van der Waals surface area (Å²) >= 11 is 5.49. The molecular formula is C22H32N6OS. The summed E-state index contributed by atoms with van der Waals surface area (Å²) in [5.41, 5.74) is 0. The lowest BCUT2D eigenvalue weighted by molar-refractivity contribution is 0.436. The minimum atomic E-state index is 0.498. The van der Waals surface area contributed by atoms with E-state index in [-0.39, 0.29) is 0 Å². The van der Waals surface area contributed by atoms with Gasteiger partial charge in [-0.3, -0.25) is 0 Å². The van der Waals surface area contributed by atoms with Gasteiger partial charge in [0, 0.05) is 32.2 Å². The lowest BCUT2D eigenvalue weighted by Crippen LogP contribution is -2.35. The number of anilines is 3. The van der Waals surface area contributed by atoms with Crippen molar-refractivity contribution in [3.63, 3.8) is 0 Å². The Morgan fingerprint density at radius 1 is 1.07 bits per heavy atom. The molecule has 0 amide bonds. The Morgan fingerprint density at radius 3 is 2.37 bits per heavy atom. The lowest BCUT2D eigenvalue weighted by Gasteiger charge is -2.33. The normalized spacial score (nSPS) is 17.8. The standard InChI is InChI=1S/C22H32N6OS/c1-16-8-12-28(13-9-16)20-14-19(27-10-4-3-5-11-27)24-21(25-20)26-22(30)23-15-18-7-6-17(2)29-18/h6-7,14,16H,3-5,8-13,15H2,1-2H3,(H2,23,24,25,26,30). The first kappa shape index (κ1) is 20.9. The molecule has 162 valence electrons. The molecule has 0 saturated carbocycles. The van der Waals surface area contributed by atoms with E-state index in [9.17, 15) is 0 Å². The summed E-state index contributed by atoms with van der Waals surface area (Å²) in [5, 5.41) is 6.87. The number of thiocarbonyl (C=S) groups is 1. The molecule has 4 rings (SSSR count). The highest BCUT2D eigenvalue weighted by Gasteiger charge is 2.21. The molecule has 2 aromatic rings. The van der Waals surface area contributed by atoms with Crippen molar-refractivity contribution in [2.45, 2.75) is 52.5 Å². The van der Waals surface area contributed by atoms with Crippen LogP contribution in [0.3, 0.4) is 0 Å². The van der Waals surface area contributed by atoms with Gasteiger partial charge in [-0.25, -0.2) is 0 Å². The van der Waals surface area contributed by atoms with E-state index < -0.39 is 0 Å². The maximum Gasteiger partial charge on any atom is 0.232 e. The molecule has 0 unspecified atom stereocenters. The highest BCUT2D eigenvalue weighted by molar-refractivity contribution is 7.80. The van der Waals surface area contributed by atoms with Gasteiger partial charge in [0.1, 0.15) is 23.2 Å². The fourth-order valence-electron chi connectivity index (χ4n) is 4.06. The number of hydrogen-bond acceptors (Lipinski definition) is 6. The minimum Gasteiger partial charge on any atom is -0.465 e. The number of piperidine rings is 2. The van der Waals surface area contributed by atoms with Gasteiger partial charge in [0.25, 0.3) is 0 Å². The van der Waals surface area contributed by atoms with Crippen LogP contribution in [0.25, 0.3) is 0 Å². The van der Waals surface area contributed by atoms with Crippen LogP contribution in [0.15, 0.2) is 22.6 Å². The molecule has 4 heterocycles. The highest BCUT2D eigenvalue weighted by atomic mass is 32.1. The number of nitrogens with zero attached hydrogens (tertiary/aromatic N) is 4. The first-order valence-corrected chi connectivity index (χ1v) is 11.5. The fraction of sp³-hybridized carbons (Fsp3) is 0.591. The summed E-state index contributed by atoms with van der Waals surface area (Å²) in [7, 11) is 0. The molecule has 2 fully saturated rings. The molecule has 0 aliphatic carbocycles. The van der Waals surface area contributed by atoms with Crippen molar-refractivity contribution in [2.24, 2.45) is 5.92 Å². The van der Waals surface area contributed by atoms with E-state index in [1.54, 1.807) is 0 Å². The Morgan fingerprint density at radius 2 is 1.73 bits per heavy atom. The third-order valence-corrected chi connectivity index (χ3v) is 6.18. The molecule has 0 aromatic carbocycles. The number of furan rings is 1. The van der Waals surface area contributed by atoms with Crippen LogP contribution < -0.4 is 20.4 Å². The van der Waals surface area contributed by atoms with Gasteiger partial charge in [0.15, 0.2) is 5.11 Å². The third-order valence-electron chi connectivity index (χ3n) is 5.93. The fourth-order valence-corrected chi connectivity index (χ4v) is 4.22. The van der Waals surface area contributed by atoms with Gasteiger partial charge in [-0.1, -0.05) is 6.92 Å². The van der Waals surface area contributed by atoms with Gasteiger partial charge in [0.2, 0.25) is 5.95 Å². The Labute approximate surface area is 184 Å². The van der Waals surface area contributed by atoms with Crippen molar-refractivity contribution < 1.29 is 4.42 Å². The Hall–Kier alpha value is -2.35. The Kier molecular flexibility index (Phi) is 6.72. The monoisotopic (exact) mass is 428 g/mol. The van der Waals surface area contributed by atoms with Crippen molar-refractivity contribution in [1.82, 2.24) is 15.3 Å². The Bertz CT molecular complexity index is 855. The van der Waals surface area contributed by atoms with Crippen molar-refractivity contribution in [3.8, 4) is 0 Å². The molecule has 2 saturated heterocycles. The second-order valence-electron chi connectivity index (χ2n) is 8.45. The Balaban J connectivity index is 1.48.